The van der Waals surface area contributed by atoms with Crippen molar-refractivity contribution < 1.29 is 12.6 Å². The fourth-order valence-corrected chi connectivity index (χ4v) is 2.22. The van der Waals surface area contributed by atoms with E-state index in [9.17, 15) is 8.42 Å². The fourth-order valence-electron chi connectivity index (χ4n) is 0.941. The van der Waals surface area contributed by atoms with E-state index in [-0.39, 0.29) is 11.0 Å². The van der Waals surface area contributed by atoms with Crippen molar-refractivity contribution in [1.29, 1.82) is 0 Å². The minimum atomic E-state index is -3.65. The van der Waals surface area contributed by atoms with Gasteiger partial charge in [-0.3, -0.25) is 4.18 Å². The number of hydrogen-bond donors (Lipinski definition) is 0. The monoisotopic (exact) mass is 248 g/mol. The topological polar surface area (TPSA) is 43.4 Å². The molecule has 5 heteroatoms. The van der Waals surface area contributed by atoms with E-state index in [1.165, 1.54) is 24.3 Å². The molecule has 1 atom stereocenters. The Morgan fingerprint density at radius 1 is 1.33 bits per heavy atom. The van der Waals surface area contributed by atoms with Crippen molar-refractivity contribution in [2.75, 3.05) is 0 Å². The molecule has 0 unspecified atom stereocenters. The van der Waals surface area contributed by atoms with Gasteiger partial charge in [0.25, 0.3) is 10.1 Å². The molecule has 1 rings (SSSR count). The molecule has 0 aliphatic heterocycles. The van der Waals surface area contributed by atoms with Crippen LogP contribution in [0.15, 0.2) is 29.2 Å². The van der Waals surface area contributed by atoms with Gasteiger partial charge in [-0.05, 0) is 37.6 Å². The third-order valence-corrected chi connectivity index (χ3v) is 3.65. The first-order chi connectivity index (χ1) is 6.95. The van der Waals surface area contributed by atoms with Gasteiger partial charge in [-0.1, -0.05) is 18.5 Å². The summed E-state index contributed by atoms with van der Waals surface area (Å²) in [5.41, 5.74) is 0. The molecule has 0 aromatic heterocycles. The highest BCUT2D eigenvalue weighted by Gasteiger charge is 2.17. The van der Waals surface area contributed by atoms with Crippen LogP contribution in [0.3, 0.4) is 0 Å². The summed E-state index contributed by atoms with van der Waals surface area (Å²) in [7, 11) is -3.65. The minimum absolute atomic E-state index is 0.132. The van der Waals surface area contributed by atoms with Gasteiger partial charge < -0.3 is 0 Å². The summed E-state index contributed by atoms with van der Waals surface area (Å²) in [4.78, 5) is 0.132. The summed E-state index contributed by atoms with van der Waals surface area (Å²) in [5.74, 6) is 0. The molecule has 0 heterocycles. The molecule has 15 heavy (non-hydrogen) atoms. The van der Waals surface area contributed by atoms with E-state index in [1.54, 1.807) is 6.92 Å². The first-order valence-corrected chi connectivity index (χ1v) is 6.43. The van der Waals surface area contributed by atoms with E-state index in [1.807, 2.05) is 6.92 Å². The Labute approximate surface area is 95.1 Å². The van der Waals surface area contributed by atoms with Gasteiger partial charge in [-0.15, -0.1) is 0 Å². The lowest BCUT2D eigenvalue weighted by molar-refractivity contribution is 0.224. The Bertz CT molecular complexity index is 411. The molecule has 0 aliphatic rings. The van der Waals surface area contributed by atoms with Crippen LogP contribution in [0, 0.1) is 0 Å². The van der Waals surface area contributed by atoms with E-state index >= 15 is 0 Å². The molecule has 84 valence electrons. The Kier molecular flexibility index (Phi) is 4.13. The molecule has 0 amide bonds. The quantitative estimate of drug-likeness (QED) is 0.770. The van der Waals surface area contributed by atoms with E-state index in [0.717, 1.165) is 0 Å². The predicted octanol–water partition coefficient (Wildman–Crippen LogP) is 2.84. The maximum atomic E-state index is 11.6. The first-order valence-electron chi connectivity index (χ1n) is 4.64. The third-order valence-electron chi connectivity index (χ3n) is 1.97. The Morgan fingerprint density at radius 3 is 2.33 bits per heavy atom. The molecule has 0 bridgehead atoms. The highest BCUT2D eigenvalue weighted by molar-refractivity contribution is 7.86. The number of benzene rings is 1. The summed E-state index contributed by atoms with van der Waals surface area (Å²) in [6.45, 7) is 3.58. The molecule has 0 saturated carbocycles. The van der Waals surface area contributed by atoms with Crippen LogP contribution in [-0.2, 0) is 14.3 Å². The van der Waals surface area contributed by atoms with Gasteiger partial charge >= 0.3 is 0 Å². The van der Waals surface area contributed by atoms with Crippen LogP contribution < -0.4 is 0 Å². The number of halogens is 1. The molecular weight excluding hydrogens is 236 g/mol. The molecule has 3 nitrogen and oxygen atoms in total. The molecule has 0 radical (unpaired) electrons. The van der Waals surface area contributed by atoms with Crippen molar-refractivity contribution in [3.05, 3.63) is 29.3 Å². The molecule has 1 aromatic rings. The SMILES string of the molecule is CC[C@H](C)OS(=O)(=O)c1ccc(Cl)cc1. The number of rotatable bonds is 4. The van der Waals surface area contributed by atoms with Gasteiger partial charge in [0, 0.05) is 5.02 Å². The zero-order chi connectivity index (χ0) is 11.5. The Hall–Kier alpha value is -0.580. The summed E-state index contributed by atoms with van der Waals surface area (Å²) < 4.78 is 28.2. The van der Waals surface area contributed by atoms with E-state index in [0.29, 0.717) is 11.4 Å². The largest absolute Gasteiger partial charge is 0.297 e. The lowest BCUT2D eigenvalue weighted by Crippen LogP contribution is -2.14. The summed E-state index contributed by atoms with van der Waals surface area (Å²) in [5, 5.41) is 0.498. The third kappa shape index (κ3) is 3.48. The molecule has 0 N–H and O–H groups in total. The predicted molar refractivity (Wildman–Crippen MR) is 59.5 cm³/mol. The van der Waals surface area contributed by atoms with Crippen LogP contribution in [-0.4, -0.2) is 14.5 Å². The normalized spacial score (nSPS) is 13.8. The van der Waals surface area contributed by atoms with Gasteiger partial charge in [0.15, 0.2) is 0 Å². The molecule has 1 aromatic carbocycles. The zero-order valence-corrected chi connectivity index (χ0v) is 10.2. The Morgan fingerprint density at radius 2 is 1.87 bits per heavy atom. The maximum absolute atomic E-state index is 11.6. The Balaban J connectivity index is 2.91. The number of hydrogen-bond acceptors (Lipinski definition) is 3. The summed E-state index contributed by atoms with van der Waals surface area (Å²) >= 11 is 5.66. The van der Waals surface area contributed by atoms with Crippen LogP contribution in [0.2, 0.25) is 5.02 Å². The molecule has 0 aliphatic carbocycles. The van der Waals surface area contributed by atoms with E-state index in [4.69, 9.17) is 15.8 Å². The van der Waals surface area contributed by atoms with Crippen molar-refractivity contribution in [3.8, 4) is 0 Å². The van der Waals surface area contributed by atoms with Crippen LogP contribution in [0.4, 0.5) is 0 Å². The second kappa shape index (κ2) is 4.96. The van der Waals surface area contributed by atoms with Crippen molar-refractivity contribution in [1.82, 2.24) is 0 Å². The van der Waals surface area contributed by atoms with Crippen LogP contribution >= 0.6 is 11.6 Å². The minimum Gasteiger partial charge on any atom is -0.263 e. The fraction of sp³-hybridized carbons (Fsp3) is 0.400. The highest BCUT2D eigenvalue weighted by Crippen LogP contribution is 2.17. The summed E-state index contributed by atoms with van der Waals surface area (Å²) in [6, 6.07) is 5.91. The van der Waals surface area contributed by atoms with Gasteiger partial charge in [-0.2, -0.15) is 8.42 Å². The standard InChI is InChI=1S/C10H13ClO3S/c1-3-8(2)14-15(12,13)10-6-4-9(11)5-7-10/h4-8H,3H2,1-2H3/t8-/m0/s1. The smallest absolute Gasteiger partial charge is 0.263 e. The molecule has 0 saturated heterocycles. The average Bonchev–Trinajstić information content (AvgIpc) is 2.17. The first kappa shape index (κ1) is 12.5. The van der Waals surface area contributed by atoms with Crippen molar-refractivity contribution in [2.24, 2.45) is 0 Å². The lowest BCUT2D eigenvalue weighted by Gasteiger charge is -2.10. The van der Waals surface area contributed by atoms with Gasteiger partial charge in [0.05, 0.1) is 11.0 Å². The van der Waals surface area contributed by atoms with Gasteiger partial charge in [0.1, 0.15) is 0 Å². The maximum Gasteiger partial charge on any atom is 0.297 e. The second-order valence-electron chi connectivity index (χ2n) is 3.22. The highest BCUT2D eigenvalue weighted by atomic mass is 35.5. The van der Waals surface area contributed by atoms with Gasteiger partial charge in [-0.25, -0.2) is 0 Å². The average molecular weight is 249 g/mol. The summed E-state index contributed by atoms with van der Waals surface area (Å²) in [6.07, 6.45) is 0.331. The van der Waals surface area contributed by atoms with Crippen molar-refractivity contribution >= 4 is 21.7 Å². The second-order valence-corrected chi connectivity index (χ2v) is 5.23. The van der Waals surface area contributed by atoms with Crippen molar-refractivity contribution in [3.63, 3.8) is 0 Å². The molecule has 0 fully saturated rings. The van der Waals surface area contributed by atoms with Crippen LogP contribution in [0.1, 0.15) is 20.3 Å². The molecule has 0 spiro atoms. The van der Waals surface area contributed by atoms with Crippen molar-refractivity contribution in [2.45, 2.75) is 31.3 Å². The van der Waals surface area contributed by atoms with Gasteiger partial charge in [0.2, 0.25) is 0 Å². The zero-order valence-electron chi connectivity index (χ0n) is 8.60. The van der Waals surface area contributed by atoms with E-state index < -0.39 is 10.1 Å². The van der Waals surface area contributed by atoms with Crippen LogP contribution in [0.5, 0.6) is 0 Å². The van der Waals surface area contributed by atoms with Crippen LogP contribution in [0.25, 0.3) is 0 Å². The van der Waals surface area contributed by atoms with E-state index in [2.05, 4.69) is 0 Å². The molecular formula is C10H13ClO3S. The lowest BCUT2D eigenvalue weighted by atomic mass is 10.3.